The Hall–Kier alpha value is -1.35. The van der Waals surface area contributed by atoms with Gasteiger partial charge in [0.05, 0.1) is 12.0 Å². The molecule has 3 rings (SSSR count). The normalized spacial score (nSPS) is 26.7. The molecule has 3 nitrogen and oxygen atoms in total. The number of ether oxygens (including phenoxy) is 1. The average Bonchev–Trinajstić information content (AvgIpc) is 2.71. The first kappa shape index (κ1) is 13.6. The minimum atomic E-state index is -0.310. The maximum atomic E-state index is 11.6. The van der Waals surface area contributed by atoms with Crippen molar-refractivity contribution in [2.75, 3.05) is 31.2 Å². The van der Waals surface area contributed by atoms with E-state index < -0.39 is 0 Å². The van der Waals surface area contributed by atoms with Crippen molar-refractivity contribution in [3.8, 4) is 0 Å². The van der Waals surface area contributed by atoms with E-state index in [9.17, 15) is 4.79 Å². The van der Waals surface area contributed by atoms with Crippen LogP contribution in [-0.2, 0) is 16.0 Å². The molecule has 0 bridgehead atoms. The van der Waals surface area contributed by atoms with E-state index in [0.29, 0.717) is 6.61 Å². The van der Waals surface area contributed by atoms with Crippen LogP contribution < -0.4 is 4.90 Å². The highest BCUT2D eigenvalue weighted by atomic mass is 16.5. The third kappa shape index (κ3) is 2.73. The van der Waals surface area contributed by atoms with Gasteiger partial charge < -0.3 is 14.4 Å². The number of nitrogens with zero attached hydrogens (tertiary/aromatic N) is 1. The van der Waals surface area contributed by atoms with Gasteiger partial charge in [0.25, 0.3) is 0 Å². The second-order valence-corrected chi connectivity index (χ2v) is 6.14. The Morgan fingerprint density at radius 1 is 1.25 bits per heavy atom. The zero-order valence-electron chi connectivity index (χ0n) is 12.0. The summed E-state index contributed by atoms with van der Waals surface area (Å²) in [4.78, 5) is 14.1. The molecule has 0 radical (unpaired) electrons. The number of para-hydroxylation sites is 1. The Labute approximate surface area is 120 Å². The van der Waals surface area contributed by atoms with Gasteiger partial charge >= 0.3 is 0 Å². The molecule has 1 unspecified atom stereocenters. The SMILES string of the molecule is O=CC1(CN2CCCCc3ccccc32)CCCOC1. The van der Waals surface area contributed by atoms with Gasteiger partial charge in [0.1, 0.15) is 6.29 Å². The number of aryl methyl sites for hydroxylation is 1. The Kier molecular flexibility index (Phi) is 4.06. The molecule has 1 saturated heterocycles. The van der Waals surface area contributed by atoms with Crippen LogP contribution in [-0.4, -0.2) is 32.6 Å². The van der Waals surface area contributed by atoms with Crippen LogP contribution >= 0.6 is 0 Å². The fourth-order valence-corrected chi connectivity index (χ4v) is 3.44. The van der Waals surface area contributed by atoms with Gasteiger partial charge in [-0.3, -0.25) is 0 Å². The van der Waals surface area contributed by atoms with E-state index >= 15 is 0 Å². The van der Waals surface area contributed by atoms with E-state index in [4.69, 9.17) is 4.74 Å². The number of rotatable bonds is 3. The van der Waals surface area contributed by atoms with Gasteiger partial charge in [-0.15, -0.1) is 0 Å². The lowest BCUT2D eigenvalue weighted by atomic mass is 9.83. The molecule has 20 heavy (non-hydrogen) atoms. The molecular formula is C17H23NO2. The van der Waals surface area contributed by atoms with Crippen LogP contribution in [0.25, 0.3) is 0 Å². The highest BCUT2D eigenvalue weighted by Gasteiger charge is 2.35. The fraction of sp³-hybridized carbons (Fsp3) is 0.588. The predicted molar refractivity (Wildman–Crippen MR) is 80.1 cm³/mol. The lowest BCUT2D eigenvalue weighted by Crippen LogP contribution is -2.44. The summed E-state index contributed by atoms with van der Waals surface area (Å²) in [6.45, 7) is 3.22. The van der Waals surface area contributed by atoms with Gasteiger partial charge in [0.2, 0.25) is 0 Å². The summed E-state index contributed by atoms with van der Waals surface area (Å²) >= 11 is 0. The number of benzene rings is 1. The highest BCUT2D eigenvalue weighted by Crippen LogP contribution is 2.32. The molecule has 1 fully saturated rings. The molecule has 1 atom stereocenters. The fourth-order valence-electron chi connectivity index (χ4n) is 3.44. The van der Waals surface area contributed by atoms with Crippen molar-refractivity contribution in [3.63, 3.8) is 0 Å². The first-order valence-electron chi connectivity index (χ1n) is 7.70. The third-order valence-electron chi connectivity index (χ3n) is 4.57. The summed E-state index contributed by atoms with van der Waals surface area (Å²) in [5, 5.41) is 0. The monoisotopic (exact) mass is 273 g/mol. The molecule has 2 heterocycles. The number of hydrogen-bond acceptors (Lipinski definition) is 3. The molecule has 1 aromatic carbocycles. The predicted octanol–water partition coefficient (Wildman–Crippen LogP) is 2.83. The number of carbonyl (C=O) groups is 1. The molecule has 0 saturated carbocycles. The Balaban J connectivity index is 1.84. The highest BCUT2D eigenvalue weighted by molar-refractivity contribution is 5.63. The van der Waals surface area contributed by atoms with E-state index in [2.05, 4.69) is 29.2 Å². The molecule has 3 heteroatoms. The molecular weight excluding hydrogens is 250 g/mol. The maximum absolute atomic E-state index is 11.6. The number of anilines is 1. The summed E-state index contributed by atoms with van der Waals surface area (Å²) in [7, 11) is 0. The minimum Gasteiger partial charge on any atom is -0.380 e. The number of carbonyl (C=O) groups excluding carboxylic acids is 1. The number of fused-ring (bicyclic) bond motifs is 1. The van der Waals surface area contributed by atoms with Crippen LogP contribution in [0.4, 0.5) is 5.69 Å². The molecule has 2 aliphatic heterocycles. The first-order chi connectivity index (χ1) is 9.83. The average molecular weight is 273 g/mol. The Morgan fingerprint density at radius 2 is 2.15 bits per heavy atom. The second-order valence-electron chi connectivity index (χ2n) is 6.14. The van der Waals surface area contributed by atoms with Gasteiger partial charge in [-0.1, -0.05) is 18.2 Å². The summed E-state index contributed by atoms with van der Waals surface area (Å²) in [5.41, 5.74) is 2.43. The summed E-state index contributed by atoms with van der Waals surface area (Å²) in [6, 6.07) is 8.63. The van der Waals surface area contributed by atoms with Crippen LogP contribution in [0.1, 0.15) is 31.2 Å². The zero-order chi connectivity index (χ0) is 13.8. The molecule has 0 spiro atoms. The molecule has 2 aliphatic rings. The lowest BCUT2D eigenvalue weighted by molar-refractivity contribution is -0.122. The van der Waals surface area contributed by atoms with Crippen molar-refractivity contribution in [1.82, 2.24) is 0 Å². The summed E-state index contributed by atoms with van der Waals surface area (Å²) < 4.78 is 5.58. The quantitative estimate of drug-likeness (QED) is 0.793. The van der Waals surface area contributed by atoms with Crippen molar-refractivity contribution in [3.05, 3.63) is 29.8 Å². The maximum Gasteiger partial charge on any atom is 0.130 e. The van der Waals surface area contributed by atoms with Gasteiger partial charge in [0, 0.05) is 25.4 Å². The largest absolute Gasteiger partial charge is 0.380 e. The van der Waals surface area contributed by atoms with Crippen molar-refractivity contribution in [1.29, 1.82) is 0 Å². The van der Waals surface area contributed by atoms with Crippen LogP contribution in [0.3, 0.4) is 0 Å². The van der Waals surface area contributed by atoms with Crippen LogP contribution in [0, 0.1) is 5.41 Å². The number of hydrogen-bond donors (Lipinski definition) is 0. The van der Waals surface area contributed by atoms with E-state index in [0.717, 1.165) is 45.2 Å². The molecule has 0 aromatic heterocycles. The number of aldehydes is 1. The van der Waals surface area contributed by atoms with E-state index in [1.54, 1.807) is 0 Å². The lowest BCUT2D eigenvalue weighted by Gasteiger charge is -2.38. The van der Waals surface area contributed by atoms with Gasteiger partial charge in [0.15, 0.2) is 0 Å². The van der Waals surface area contributed by atoms with Crippen molar-refractivity contribution in [2.45, 2.75) is 32.1 Å². The third-order valence-corrected chi connectivity index (χ3v) is 4.57. The van der Waals surface area contributed by atoms with Gasteiger partial charge in [-0.2, -0.15) is 0 Å². The summed E-state index contributed by atoms with van der Waals surface area (Å²) in [6.07, 6.45) is 6.67. The topological polar surface area (TPSA) is 29.5 Å². The van der Waals surface area contributed by atoms with E-state index in [1.807, 2.05) is 0 Å². The van der Waals surface area contributed by atoms with E-state index in [-0.39, 0.29) is 5.41 Å². The van der Waals surface area contributed by atoms with Crippen LogP contribution in [0.2, 0.25) is 0 Å². The van der Waals surface area contributed by atoms with Crippen molar-refractivity contribution >= 4 is 12.0 Å². The molecule has 0 aliphatic carbocycles. The van der Waals surface area contributed by atoms with Crippen LogP contribution in [0.5, 0.6) is 0 Å². The standard InChI is InChI=1S/C17H23NO2/c19-13-17(9-5-11-20-14-17)12-18-10-4-3-7-15-6-1-2-8-16(15)18/h1-2,6,8,13H,3-5,7,9-12,14H2. The van der Waals surface area contributed by atoms with Gasteiger partial charge in [-0.25, -0.2) is 0 Å². The van der Waals surface area contributed by atoms with E-state index in [1.165, 1.54) is 24.1 Å². The molecule has 1 aromatic rings. The smallest absolute Gasteiger partial charge is 0.130 e. The van der Waals surface area contributed by atoms with Crippen molar-refractivity contribution in [2.24, 2.45) is 5.41 Å². The molecule has 0 N–H and O–H groups in total. The Morgan fingerprint density at radius 3 is 2.95 bits per heavy atom. The van der Waals surface area contributed by atoms with Crippen LogP contribution in [0.15, 0.2) is 24.3 Å². The molecule has 108 valence electrons. The minimum absolute atomic E-state index is 0.310. The second kappa shape index (κ2) is 5.96. The van der Waals surface area contributed by atoms with Crippen molar-refractivity contribution < 1.29 is 9.53 Å². The first-order valence-corrected chi connectivity index (χ1v) is 7.70. The Bertz CT molecular complexity index is 466. The summed E-state index contributed by atoms with van der Waals surface area (Å²) in [5.74, 6) is 0. The zero-order valence-corrected chi connectivity index (χ0v) is 12.0. The molecule has 0 amide bonds. The van der Waals surface area contributed by atoms with Gasteiger partial charge in [-0.05, 0) is 43.7 Å².